The first kappa shape index (κ1) is 13.9. The van der Waals surface area contributed by atoms with E-state index in [0.717, 1.165) is 4.47 Å². The smallest absolute Gasteiger partial charge is 0.0383 e. The van der Waals surface area contributed by atoms with Gasteiger partial charge in [-0.15, -0.1) is 0 Å². The maximum atomic E-state index is 5.77. The molecule has 1 aliphatic heterocycles. The lowest BCUT2D eigenvalue weighted by atomic mass is 9.97. The van der Waals surface area contributed by atoms with Gasteiger partial charge in [-0.05, 0) is 49.4 Å². The molecule has 2 nitrogen and oxygen atoms in total. The summed E-state index contributed by atoms with van der Waals surface area (Å²) in [4.78, 5) is 2.58. The molecule has 0 amide bonds. The molecule has 0 bridgehead atoms. The summed E-state index contributed by atoms with van der Waals surface area (Å²) in [6.45, 7) is 4.07. The van der Waals surface area contributed by atoms with Gasteiger partial charge in [0.15, 0.2) is 0 Å². The van der Waals surface area contributed by atoms with Gasteiger partial charge in [0.2, 0.25) is 0 Å². The highest BCUT2D eigenvalue weighted by molar-refractivity contribution is 9.10. The zero-order valence-electron chi connectivity index (χ0n) is 11.2. The van der Waals surface area contributed by atoms with Gasteiger partial charge in [0.25, 0.3) is 0 Å². The van der Waals surface area contributed by atoms with Gasteiger partial charge in [0.1, 0.15) is 0 Å². The molecule has 0 spiro atoms. The number of benzene rings is 1. The molecule has 2 N–H and O–H groups in total. The van der Waals surface area contributed by atoms with E-state index >= 15 is 0 Å². The SMILES string of the molecule is CCCC1CCCCN1c1cc(Br)cc(CN)c1. The summed E-state index contributed by atoms with van der Waals surface area (Å²) < 4.78 is 1.14. The summed E-state index contributed by atoms with van der Waals surface area (Å²) in [6, 6.07) is 7.30. The number of nitrogens with zero attached hydrogens (tertiary/aromatic N) is 1. The zero-order chi connectivity index (χ0) is 13.0. The first-order chi connectivity index (χ1) is 8.74. The van der Waals surface area contributed by atoms with E-state index in [1.807, 2.05) is 0 Å². The van der Waals surface area contributed by atoms with Crippen LogP contribution in [0.3, 0.4) is 0 Å². The monoisotopic (exact) mass is 310 g/mol. The molecule has 1 aromatic rings. The third-order valence-corrected chi connectivity index (χ3v) is 4.22. The Morgan fingerprint density at radius 3 is 2.89 bits per heavy atom. The first-order valence-electron chi connectivity index (χ1n) is 7.00. The predicted octanol–water partition coefficient (Wildman–Crippen LogP) is 4.07. The molecule has 1 atom stereocenters. The van der Waals surface area contributed by atoms with Crippen LogP contribution in [0.2, 0.25) is 0 Å². The molecule has 0 aliphatic carbocycles. The molecule has 1 aromatic carbocycles. The number of hydrogen-bond donors (Lipinski definition) is 1. The standard InChI is InChI=1S/C15H23BrN2/c1-2-5-14-6-3-4-7-18(14)15-9-12(11-17)8-13(16)10-15/h8-10,14H,2-7,11,17H2,1H3. The molecule has 1 unspecified atom stereocenters. The average molecular weight is 311 g/mol. The van der Waals surface area contributed by atoms with E-state index in [9.17, 15) is 0 Å². The number of halogens is 1. The molecule has 0 saturated carbocycles. The Hall–Kier alpha value is -0.540. The highest BCUT2D eigenvalue weighted by atomic mass is 79.9. The van der Waals surface area contributed by atoms with E-state index in [2.05, 4.69) is 46.0 Å². The van der Waals surface area contributed by atoms with Crippen LogP contribution in [0, 0.1) is 0 Å². The van der Waals surface area contributed by atoms with Crippen LogP contribution >= 0.6 is 15.9 Å². The highest BCUT2D eigenvalue weighted by Crippen LogP contribution is 2.30. The molecule has 2 rings (SSSR count). The van der Waals surface area contributed by atoms with E-state index in [4.69, 9.17) is 5.73 Å². The minimum atomic E-state index is 0.610. The van der Waals surface area contributed by atoms with Crippen molar-refractivity contribution >= 4 is 21.6 Å². The zero-order valence-corrected chi connectivity index (χ0v) is 12.7. The Morgan fingerprint density at radius 2 is 2.17 bits per heavy atom. The number of piperidine rings is 1. The van der Waals surface area contributed by atoms with Gasteiger partial charge in [-0.3, -0.25) is 0 Å². The first-order valence-corrected chi connectivity index (χ1v) is 7.80. The molecule has 100 valence electrons. The van der Waals surface area contributed by atoms with Crippen molar-refractivity contribution < 1.29 is 0 Å². The van der Waals surface area contributed by atoms with Gasteiger partial charge in [-0.25, -0.2) is 0 Å². The van der Waals surface area contributed by atoms with E-state index < -0.39 is 0 Å². The Kier molecular flexibility index (Phi) is 5.07. The third-order valence-electron chi connectivity index (χ3n) is 3.76. The maximum Gasteiger partial charge on any atom is 0.0383 e. The summed E-state index contributed by atoms with van der Waals surface area (Å²) in [5.74, 6) is 0. The van der Waals surface area contributed by atoms with Crippen LogP contribution in [0.25, 0.3) is 0 Å². The van der Waals surface area contributed by atoms with Crippen molar-refractivity contribution in [3.8, 4) is 0 Å². The summed E-state index contributed by atoms with van der Waals surface area (Å²) in [7, 11) is 0. The lowest BCUT2D eigenvalue weighted by Gasteiger charge is -2.38. The minimum Gasteiger partial charge on any atom is -0.369 e. The van der Waals surface area contributed by atoms with Crippen molar-refractivity contribution in [1.82, 2.24) is 0 Å². The fourth-order valence-corrected chi connectivity index (χ4v) is 3.42. The van der Waals surface area contributed by atoms with Crippen LogP contribution in [-0.2, 0) is 6.54 Å². The van der Waals surface area contributed by atoms with Crippen molar-refractivity contribution in [1.29, 1.82) is 0 Å². The molecule has 0 aromatic heterocycles. The van der Waals surface area contributed by atoms with E-state index in [0.29, 0.717) is 12.6 Å². The third kappa shape index (κ3) is 3.27. The molecule has 1 fully saturated rings. The molecular weight excluding hydrogens is 288 g/mol. The number of hydrogen-bond acceptors (Lipinski definition) is 2. The molecule has 3 heteroatoms. The summed E-state index contributed by atoms with van der Waals surface area (Å²) in [5, 5.41) is 0. The Labute approximate surface area is 119 Å². The molecule has 1 aliphatic rings. The lowest BCUT2D eigenvalue weighted by molar-refractivity contribution is 0.434. The normalized spacial score (nSPS) is 20.2. The quantitative estimate of drug-likeness (QED) is 0.908. The Balaban J connectivity index is 2.24. The fraction of sp³-hybridized carbons (Fsp3) is 0.600. The van der Waals surface area contributed by atoms with E-state index in [1.165, 1.54) is 49.9 Å². The highest BCUT2D eigenvalue weighted by Gasteiger charge is 2.22. The average Bonchev–Trinajstić information content (AvgIpc) is 2.39. The molecule has 1 saturated heterocycles. The topological polar surface area (TPSA) is 29.3 Å². The van der Waals surface area contributed by atoms with Crippen LogP contribution in [0.4, 0.5) is 5.69 Å². The van der Waals surface area contributed by atoms with E-state index in [1.54, 1.807) is 0 Å². The van der Waals surface area contributed by atoms with Gasteiger partial charge < -0.3 is 10.6 Å². The van der Waals surface area contributed by atoms with Crippen molar-refractivity contribution in [2.24, 2.45) is 5.73 Å². The second-order valence-corrected chi connectivity index (χ2v) is 6.07. The predicted molar refractivity (Wildman–Crippen MR) is 81.9 cm³/mol. The van der Waals surface area contributed by atoms with Crippen molar-refractivity contribution in [3.63, 3.8) is 0 Å². The number of nitrogens with two attached hydrogens (primary N) is 1. The van der Waals surface area contributed by atoms with Crippen LogP contribution in [-0.4, -0.2) is 12.6 Å². The van der Waals surface area contributed by atoms with Crippen LogP contribution in [0.1, 0.15) is 44.6 Å². The van der Waals surface area contributed by atoms with Crippen LogP contribution in [0.5, 0.6) is 0 Å². The molecule has 1 heterocycles. The van der Waals surface area contributed by atoms with Gasteiger partial charge >= 0.3 is 0 Å². The maximum absolute atomic E-state index is 5.77. The largest absolute Gasteiger partial charge is 0.369 e. The Bertz CT molecular complexity index is 390. The second-order valence-electron chi connectivity index (χ2n) is 5.15. The molecule has 18 heavy (non-hydrogen) atoms. The fourth-order valence-electron chi connectivity index (χ4n) is 2.89. The summed E-state index contributed by atoms with van der Waals surface area (Å²) in [5.41, 5.74) is 8.32. The van der Waals surface area contributed by atoms with Crippen molar-refractivity contribution in [3.05, 3.63) is 28.2 Å². The van der Waals surface area contributed by atoms with Crippen molar-refractivity contribution in [2.75, 3.05) is 11.4 Å². The second kappa shape index (κ2) is 6.58. The number of rotatable bonds is 4. The van der Waals surface area contributed by atoms with Gasteiger partial charge in [-0.1, -0.05) is 29.3 Å². The summed E-state index contributed by atoms with van der Waals surface area (Å²) in [6.07, 6.45) is 6.57. The molecular formula is C15H23BrN2. The van der Waals surface area contributed by atoms with Gasteiger partial charge in [-0.2, -0.15) is 0 Å². The lowest BCUT2D eigenvalue weighted by Crippen LogP contribution is -2.39. The van der Waals surface area contributed by atoms with Gasteiger partial charge in [0, 0.05) is 29.3 Å². The Morgan fingerprint density at radius 1 is 1.33 bits per heavy atom. The number of anilines is 1. The molecule has 0 radical (unpaired) electrons. The van der Waals surface area contributed by atoms with Crippen LogP contribution < -0.4 is 10.6 Å². The minimum absolute atomic E-state index is 0.610. The van der Waals surface area contributed by atoms with Crippen molar-refractivity contribution in [2.45, 2.75) is 51.6 Å². The van der Waals surface area contributed by atoms with Crippen LogP contribution in [0.15, 0.2) is 22.7 Å². The van der Waals surface area contributed by atoms with Gasteiger partial charge in [0.05, 0.1) is 0 Å². The van der Waals surface area contributed by atoms with E-state index in [-0.39, 0.29) is 0 Å². The summed E-state index contributed by atoms with van der Waals surface area (Å²) >= 11 is 3.60.